The first-order valence-electron chi connectivity index (χ1n) is 7.16. The Balaban J connectivity index is 1.78. The van der Waals surface area contributed by atoms with Crippen molar-refractivity contribution in [1.29, 1.82) is 0 Å². The summed E-state index contributed by atoms with van der Waals surface area (Å²) in [5.74, 6) is 0.672. The van der Waals surface area contributed by atoms with Crippen molar-refractivity contribution in [2.45, 2.75) is 38.3 Å². The molecule has 19 heavy (non-hydrogen) atoms. The highest BCUT2D eigenvalue weighted by molar-refractivity contribution is 7.91. The standard InChI is InChI=1S/C13H26N2O3S/c1-13(2,15-5-7-18-8-6-15)11-14-12-3-9-19(16,17)10-4-12/h12,14H,3-11H2,1-2H3. The summed E-state index contributed by atoms with van der Waals surface area (Å²) in [5, 5.41) is 3.55. The highest BCUT2D eigenvalue weighted by Gasteiger charge is 2.30. The number of ether oxygens (including phenoxy) is 1. The van der Waals surface area contributed by atoms with Gasteiger partial charge >= 0.3 is 0 Å². The Kier molecular flexibility index (Phi) is 4.87. The molecule has 0 unspecified atom stereocenters. The molecule has 0 spiro atoms. The van der Waals surface area contributed by atoms with Crippen molar-refractivity contribution >= 4 is 9.84 Å². The molecule has 0 amide bonds. The number of nitrogens with zero attached hydrogens (tertiary/aromatic N) is 1. The van der Waals surface area contributed by atoms with Crippen LogP contribution >= 0.6 is 0 Å². The van der Waals surface area contributed by atoms with Gasteiger partial charge in [0.15, 0.2) is 0 Å². The van der Waals surface area contributed by atoms with Crippen molar-refractivity contribution in [3.05, 3.63) is 0 Å². The fourth-order valence-electron chi connectivity index (χ4n) is 2.77. The maximum Gasteiger partial charge on any atom is 0.150 e. The number of nitrogens with one attached hydrogen (secondary N) is 1. The summed E-state index contributed by atoms with van der Waals surface area (Å²) in [5.41, 5.74) is 0.0973. The zero-order valence-corrected chi connectivity index (χ0v) is 12.8. The summed E-state index contributed by atoms with van der Waals surface area (Å²) >= 11 is 0. The van der Waals surface area contributed by atoms with Gasteiger partial charge in [-0.05, 0) is 26.7 Å². The molecule has 0 radical (unpaired) electrons. The van der Waals surface area contributed by atoms with Gasteiger partial charge in [0.2, 0.25) is 0 Å². The van der Waals surface area contributed by atoms with E-state index in [4.69, 9.17) is 4.74 Å². The van der Waals surface area contributed by atoms with Crippen LogP contribution in [0.25, 0.3) is 0 Å². The van der Waals surface area contributed by atoms with E-state index in [-0.39, 0.29) is 5.54 Å². The summed E-state index contributed by atoms with van der Waals surface area (Å²) in [6.07, 6.45) is 1.50. The molecule has 0 bridgehead atoms. The number of hydrogen-bond acceptors (Lipinski definition) is 5. The van der Waals surface area contributed by atoms with Gasteiger partial charge in [-0.3, -0.25) is 4.90 Å². The fourth-order valence-corrected chi connectivity index (χ4v) is 4.26. The van der Waals surface area contributed by atoms with E-state index in [2.05, 4.69) is 24.1 Å². The van der Waals surface area contributed by atoms with Crippen LogP contribution < -0.4 is 5.32 Å². The molecule has 0 aromatic rings. The van der Waals surface area contributed by atoms with E-state index in [0.717, 1.165) is 45.7 Å². The van der Waals surface area contributed by atoms with Crippen LogP contribution in [0, 0.1) is 0 Å². The Bertz CT molecular complexity index is 375. The van der Waals surface area contributed by atoms with Crippen LogP contribution in [0.2, 0.25) is 0 Å². The zero-order valence-electron chi connectivity index (χ0n) is 12.0. The third kappa shape index (κ3) is 4.41. The molecule has 0 saturated carbocycles. The van der Waals surface area contributed by atoms with E-state index in [0.29, 0.717) is 17.5 Å². The van der Waals surface area contributed by atoms with Gasteiger partial charge in [-0.25, -0.2) is 8.42 Å². The van der Waals surface area contributed by atoms with Crippen molar-refractivity contribution in [3.8, 4) is 0 Å². The van der Waals surface area contributed by atoms with Gasteiger partial charge in [-0.15, -0.1) is 0 Å². The molecule has 2 heterocycles. The Hall–Kier alpha value is -0.170. The number of rotatable bonds is 4. The van der Waals surface area contributed by atoms with Crippen molar-refractivity contribution in [3.63, 3.8) is 0 Å². The van der Waals surface area contributed by atoms with Crippen LogP contribution in [-0.2, 0) is 14.6 Å². The highest BCUT2D eigenvalue weighted by atomic mass is 32.2. The van der Waals surface area contributed by atoms with Gasteiger partial charge in [0.05, 0.1) is 24.7 Å². The second kappa shape index (κ2) is 6.08. The van der Waals surface area contributed by atoms with E-state index in [1.54, 1.807) is 0 Å². The molecule has 2 fully saturated rings. The monoisotopic (exact) mass is 290 g/mol. The third-order valence-corrected chi connectivity index (χ3v) is 5.96. The first-order valence-corrected chi connectivity index (χ1v) is 8.98. The van der Waals surface area contributed by atoms with Crippen LogP contribution in [0.5, 0.6) is 0 Å². The molecular weight excluding hydrogens is 264 g/mol. The lowest BCUT2D eigenvalue weighted by Gasteiger charge is -2.42. The van der Waals surface area contributed by atoms with E-state index >= 15 is 0 Å². The van der Waals surface area contributed by atoms with Crippen LogP contribution in [0.3, 0.4) is 0 Å². The van der Waals surface area contributed by atoms with Crippen LogP contribution in [0.1, 0.15) is 26.7 Å². The molecule has 5 nitrogen and oxygen atoms in total. The largest absolute Gasteiger partial charge is 0.379 e. The van der Waals surface area contributed by atoms with Crippen molar-refractivity contribution < 1.29 is 13.2 Å². The Labute approximate surface area is 116 Å². The van der Waals surface area contributed by atoms with E-state index in [9.17, 15) is 8.42 Å². The minimum atomic E-state index is -2.76. The fraction of sp³-hybridized carbons (Fsp3) is 1.00. The first kappa shape index (κ1) is 15.2. The van der Waals surface area contributed by atoms with Crippen molar-refractivity contribution in [2.75, 3.05) is 44.4 Å². The number of morpholine rings is 1. The quantitative estimate of drug-likeness (QED) is 0.805. The number of hydrogen-bond donors (Lipinski definition) is 1. The zero-order chi connectivity index (χ0) is 13.9. The second-order valence-electron chi connectivity index (χ2n) is 6.22. The van der Waals surface area contributed by atoms with Gasteiger partial charge in [0.25, 0.3) is 0 Å². The normalized spacial score (nSPS) is 26.4. The molecule has 2 aliphatic rings. The van der Waals surface area contributed by atoms with Gasteiger partial charge in [0, 0.05) is 31.2 Å². The van der Waals surface area contributed by atoms with Gasteiger partial charge < -0.3 is 10.1 Å². The van der Waals surface area contributed by atoms with Crippen LogP contribution in [-0.4, -0.2) is 69.3 Å². The van der Waals surface area contributed by atoms with Crippen molar-refractivity contribution in [2.24, 2.45) is 0 Å². The molecule has 2 aliphatic heterocycles. The van der Waals surface area contributed by atoms with Crippen LogP contribution in [0.15, 0.2) is 0 Å². The summed E-state index contributed by atoms with van der Waals surface area (Å²) in [6, 6.07) is 0.351. The minimum absolute atomic E-state index is 0.0973. The highest BCUT2D eigenvalue weighted by Crippen LogP contribution is 2.17. The average Bonchev–Trinajstić information content (AvgIpc) is 2.39. The molecule has 0 aliphatic carbocycles. The third-order valence-electron chi connectivity index (χ3n) is 4.25. The Morgan fingerprint density at radius 2 is 1.79 bits per heavy atom. The summed E-state index contributed by atoms with van der Waals surface area (Å²) in [4.78, 5) is 2.45. The molecule has 0 aromatic heterocycles. The predicted molar refractivity (Wildman–Crippen MR) is 76.1 cm³/mol. The van der Waals surface area contributed by atoms with E-state index < -0.39 is 9.84 Å². The maximum atomic E-state index is 11.4. The lowest BCUT2D eigenvalue weighted by Crippen LogP contribution is -2.56. The molecule has 2 saturated heterocycles. The minimum Gasteiger partial charge on any atom is -0.379 e. The molecular formula is C13H26N2O3S. The van der Waals surface area contributed by atoms with Gasteiger partial charge in [0.1, 0.15) is 9.84 Å². The second-order valence-corrected chi connectivity index (χ2v) is 8.52. The molecule has 2 rings (SSSR count). The summed E-state index contributed by atoms with van der Waals surface area (Å²) in [7, 11) is -2.76. The van der Waals surface area contributed by atoms with Crippen molar-refractivity contribution in [1.82, 2.24) is 10.2 Å². The SMILES string of the molecule is CC(C)(CNC1CCS(=O)(=O)CC1)N1CCOCC1. The Morgan fingerprint density at radius 3 is 2.37 bits per heavy atom. The molecule has 0 atom stereocenters. The summed E-state index contributed by atoms with van der Waals surface area (Å²) in [6.45, 7) is 8.96. The lowest BCUT2D eigenvalue weighted by atomic mass is 10.0. The first-order chi connectivity index (χ1) is 8.89. The van der Waals surface area contributed by atoms with Gasteiger partial charge in [-0.2, -0.15) is 0 Å². The predicted octanol–water partition coefficient (Wildman–Crippen LogP) is 0.264. The van der Waals surface area contributed by atoms with E-state index in [1.165, 1.54) is 0 Å². The average molecular weight is 290 g/mol. The Morgan fingerprint density at radius 1 is 1.21 bits per heavy atom. The maximum absolute atomic E-state index is 11.4. The molecule has 112 valence electrons. The molecule has 0 aromatic carbocycles. The molecule has 1 N–H and O–H groups in total. The topological polar surface area (TPSA) is 58.6 Å². The van der Waals surface area contributed by atoms with E-state index in [1.807, 2.05) is 0 Å². The lowest BCUT2D eigenvalue weighted by molar-refractivity contribution is -0.0104. The van der Waals surface area contributed by atoms with Gasteiger partial charge in [-0.1, -0.05) is 0 Å². The smallest absolute Gasteiger partial charge is 0.150 e. The number of sulfone groups is 1. The van der Waals surface area contributed by atoms with Crippen LogP contribution in [0.4, 0.5) is 0 Å². The summed E-state index contributed by atoms with van der Waals surface area (Å²) < 4.78 is 28.2. The molecule has 6 heteroatoms.